The van der Waals surface area contributed by atoms with Gasteiger partial charge in [-0.15, -0.1) is 11.6 Å². The summed E-state index contributed by atoms with van der Waals surface area (Å²) in [6, 6.07) is 5.87. The van der Waals surface area contributed by atoms with E-state index in [4.69, 9.17) is 17.3 Å². The second-order valence-corrected chi connectivity index (χ2v) is 2.59. The Morgan fingerprint density at radius 2 is 2.20 bits per heavy atom. The van der Waals surface area contributed by atoms with E-state index in [-0.39, 0.29) is 0 Å². The van der Waals surface area contributed by atoms with Gasteiger partial charge < -0.3 is 5.73 Å². The third-order valence-electron chi connectivity index (χ3n) is 1.50. The highest BCUT2D eigenvalue weighted by molar-refractivity contribution is 6.17. The van der Waals surface area contributed by atoms with E-state index in [2.05, 4.69) is 0 Å². The van der Waals surface area contributed by atoms with E-state index in [0.29, 0.717) is 5.88 Å². The molecule has 1 aromatic rings. The number of nitrogen functional groups attached to an aromatic ring is 1. The molecule has 0 aliphatic carbocycles. The fourth-order valence-corrected chi connectivity index (χ4v) is 0.939. The minimum absolute atomic E-state index is 0.532. The van der Waals surface area contributed by atoms with Crippen LogP contribution in [-0.4, -0.2) is 0 Å². The molecule has 0 aliphatic rings. The van der Waals surface area contributed by atoms with Crippen LogP contribution in [0.25, 0.3) is 0 Å². The lowest BCUT2D eigenvalue weighted by atomic mass is 10.1. The molecule has 2 heteroatoms. The van der Waals surface area contributed by atoms with Crippen molar-refractivity contribution in [2.45, 2.75) is 12.8 Å². The Hall–Kier alpha value is -0.690. The maximum absolute atomic E-state index is 5.64. The van der Waals surface area contributed by atoms with Crippen LogP contribution in [0.1, 0.15) is 11.1 Å². The van der Waals surface area contributed by atoms with Crippen LogP contribution in [0, 0.1) is 6.92 Å². The van der Waals surface area contributed by atoms with Gasteiger partial charge in [0.25, 0.3) is 0 Å². The van der Waals surface area contributed by atoms with Gasteiger partial charge in [-0.25, -0.2) is 0 Å². The third kappa shape index (κ3) is 1.42. The number of hydrogen-bond acceptors (Lipinski definition) is 1. The summed E-state index contributed by atoms with van der Waals surface area (Å²) in [5.41, 5.74) is 8.63. The predicted molar refractivity (Wildman–Crippen MR) is 45.1 cm³/mol. The van der Waals surface area contributed by atoms with Crippen LogP contribution in [0.4, 0.5) is 5.69 Å². The standard InChI is InChI=1S/C8H10ClN/c1-6-2-3-7(5-9)4-8(6)10/h2-4H,5,10H2,1H3. The third-order valence-corrected chi connectivity index (χ3v) is 1.81. The van der Waals surface area contributed by atoms with E-state index < -0.39 is 0 Å². The van der Waals surface area contributed by atoms with Gasteiger partial charge in [0.05, 0.1) is 0 Å². The lowest BCUT2D eigenvalue weighted by Gasteiger charge is -2.00. The van der Waals surface area contributed by atoms with Crippen LogP contribution in [0.3, 0.4) is 0 Å². The second kappa shape index (κ2) is 2.93. The Labute approximate surface area is 65.8 Å². The summed E-state index contributed by atoms with van der Waals surface area (Å²) >= 11 is 5.60. The van der Waals surface area contributed by atoms with Gasteiger partial charge >= 0.3 is 0 Å². The summed E-state index contributed by atoms with van der Waals surface area (Å²) in [7, 11) is 0. The molecule has 0 amide bonds. The van der Waals surface area contributed by atoms with Crippen molar-refractivity contribution in [3.8, 4) is 0 Å². The van der Waals surface area contributed by atoms with Crippen molar-refractivity contribution in [3.05, 3.63) is 29.3 Å². The van der Waals surface area contributed by atoms with Gasteiger partial charge in [-0.2, -0.15) is 0 Å². The van der Waals surface area contributed by atoms with Crippen molar-refractivity contribution < 1.29 is 0 Å². The van der Waals surface area contributed by atoms with Crippen LogP contribution in [0.5, 0.6) is 0 Å². The van der Waals surface area contributed by atoms with E-state index >= 15 is 0 Å². The molecule has 0 saturated heterocycles. The van der Waals surface area contributed by atoms with Crippen LogP contribution >= 0.6 is 11.6 Å². The van der Waals surface area contributed by atoms with Crippen molar-refractivity contribution in [2.24, 2.45) is 0 Å². The molecule has 0 unspecified atom stereocenters. The Balaban J connectivity index is 3.04. The fraction of sp³-hybridized carbons (Fsp3) is 0.250. The molecular weight excluding hydrogens is 146 g/mol. The summed E-state index contributed by atoms with van der Waals surface area (Å²) in [5.74, 6) is 0.532. The van der Waals surface area contributed by atoms with Crippen molar-refractivity contribution in [3.63, 3.8) is 0 Å². The zero-order valence-corrected chi connectivity index (χ0v) is 6.65. The van der Waals surface area contributed by atoms with Crippen molar-refractivity contribution in [1.82, 2.24) is 0 Å². The van der Waals surface area contributed by atoms with Gasteiger partial charge in [-0.1, -0.05) is 12.1 Å². The quantitative estimate of drug-likeness (QED) is 0.489. The van der Waals surface area contributed by atoms with E-state index in [1.165, 1.54) is 0 Å². The molecule has 0 radical (unpaired) electrons. The smallest absolute Gasteiger partial charge is 0.0474 e. The number of alkyl halides is 1. The number of halogens is 1. The lowest BCUT2D eigenvalue weighted by Crippen LogP contribution is -1.90. The number of hydrogen-bond donors (Lipinski definition) is 1. The lowest BCUT2D eigenvalue weighted by molar-refractivity contribution is 1.36. The molecule has 0 heterocycles. The van der Waals surface area contributed by atoms with Crippen LogP contribution in [0.15, 0.2) is 18.2 Å². The Bertz CT molecular complexity index is 233. The van der Waals surface area contributed by atoms with Crippen molar-refractivity contribution in [1.29, 1.82) is 0 Å². The molecule has 0 saturated carbocycles. The molecule has 0 bridgehead atoms. The Kier molecular flexibility index (Phi) is 2.17. The number of rotatable bonds is 1. The molecule has 0 fully saturated rings. The van der Waals surface area contributed by atoms with Crippen molar-refractivity contribution in [2.75, 3.05) is 5.73 Å². The first-order chi connectivity index (χ1) is 4.74. The van der Waals surface area contributed by atoms with E-state index in [0.717, 1.165) is 16.8 Å². The maximum atomic E-state index is 5.64. The monoisotopic (exact) mass is 155 g/mol. The molecule has 0 atom stereocenters. The Morgan fingerprint density at radius 3 is 2.70 bits per heavy atom. The molecule has 0 aromatic heterocycles. The maximum Gasteiger partial charge on any atom is 0.0474 e. The molecule has 1 aromatic carbocycles. The molecule has 0 spiro atoms. The summed E-state index contributed by atoms with van der Waals surface area (Å²) in [5, 5.41) is 0. The first-order valence-corrected chi connectivity index (χ1v) is 3.68. The average molecular weight is 156 g/mol. The highest BCUT2D eigenvalue weighted by Gasteiger charge is 1.93. The zero-order valence-electron chi connectivity index (χ0n) is 5.89. The van der Waals surface area contributed by atoms with Gasteiger partial charge in [0.15, 0.2) is 0 Å². The average Bonchev–Trinajstić information content (AvgIpc) is 1.95. The van der Waals surface area contributed by atoms with Gasteiger partial charge in [0, 0.05) is 11.6 Å². The molecule has 0 aliphatic heterocycles. The summed E-state index contributed by atoms with van der Waals surface area (Å²) in [4.78, 5) is 0. The highest BCUT2D eigenvalue weighted by Crippen LogP contribution is 2.13. The van der Waals surface area contributed by atoms with E-state index in [1.54, 1.807) is 0 Å². The van der Waals surface area contributed by atoms with E-state index in [9.17, 15) is 0 Å². The molecule has 10 heavy (non-hydrogen) atoms. The van der Waals surface area contributed by atoms with Gasteiger partial charge in [0.2, 0.25) is 0 Å². The first-order valence-electron chi connectivity index (χ1n) is 3.15. The summed E-state index contributed by atoms with van der Waals surface area (Å²) in [6.07, 6.45) is 0. The summed E-state index contributed by atoms with van der Waals surface area (Å²) < 4.78 is 0. The second-order valence-electron chi connectivity index (χ2n) is 2.32. The number of nitrogens with two attached hydrogens (primary N) is 1. The van der Waals surface area contributed by atoms with Crippen molar-refractivity contribution >= 4 is 17.3 Å². The molecule has 54 valence electrons. The molecule has 1 rings (SSSR count). The molecular formula is C8H10ClN. The minimum atomic E-state index is 0.532. The highest BCUT2D eigenvalue weighted by atomic mass is 35.5. The number of anilines is 1. The zero-order chi connectivity index (χ0) is 7.56. The molecule has 1 nitrogen and oxygen atoms in total. The summed E-state index contributed by atoms with van der Waals surface area (Å²) in [6.45, 7) is 1.98. The largest absolute Gasteiger partial charge is 0.399 e. The topological polar surface area (TPSA) is 26.0 Å². The number of benzene rings is 1. The number of aryl methyl sites for hydroxylation is 1. The van der Waals surface area contributed by atoms with Gasteiger partial charge in [-0.05, 0) is 24.1 Å². The SMILES string of the molecule is Cc1ccc(CCl)cc1N. The molecule has 2 N–H and O–H groups in total. The first kappa shape index (κ1) is 7.42. The normalized spacial score (nSPS) is 9.80. The van der Waals surface area contributed by atoms with Gasteiger partial charge in [0.1, 0.15) is 0 Å². The predicted octanol–water partition coefficient (Wildman–Crippen LogP) is 2.32. The Morgan fingerprint density at radius 1 is 1.50 bits per heavy atom. The van der Waals surface area contributed by atoms with Crippen LogP contribution in [-0.2, 0) is 5.88 Å². The fourth-order valence-electron chi connectivity index (χ4n) is 0.773. The minimum Gasteiger partial charge on any atom is -0.399 e. The van der Waals surface area contributed by atoms with Gasteiger partial charge in [-0.3, -0.25) is 0 Å². The van der Waals surface area contributed by atoms with Crippen LogP contribution in [0.2, 0.25) is 0 Å². The van der Waals surface area contributed by atoms with Crippen LogP contribution < -0.4 is 5.73 Å². The van der Waals surface area contributed by atoms with E-state index in [1.807, 2.05) is 25.1 Å².